The number of H-pyrrole nitrogens is 1. The highest BCUT2D eigenvalue weighted by Crippen LogP contribution is 2.25. The van der Waals surface area contributed by atoms with Crippen LogP contribution in [0, 0.1) is 19.8 Å². The maximum absolute atomic E-state index is 13.1. The molecule has 7 heteroatoms. The molecule has 1 aromatic rings. The van der Waals surface area contributed by atoms with Crippen molar-refractivity contribution in [2.75, 3.05) is 33.3 Å². The fourth-order valence-electron chi connectivity index (χ4n) is 4.44. The van der Waals surface area contributed by atoms with Gasteiger partial charge in [0.1, 0.15) is 5.69 Å². The third-order valence-corrected chi connectivity index (χ3v) is 6.02. The number of piperidine rings is 1. The molecule has 0 aromatic carbocycles. The van der Waals surface area contributed by atoms with Gasteiger partial charge in [-0.2, -0.15) is 0 Å². The lowest BCUT2D eigenvalue weighted by atomic mass is 9.95. The molecular weight excluding hydrogens is 358 g/mol. The second-order valence-corrected chi connectivity index (χ2v) is 7.95. The van der Waals surface area contributed by atoms with E-state index in [0.29, 0.717) is 35.6 Å². The average molecular weight is 389 g/mol. The number of hydrogen-bond donors (Lipinski definition) is 1. The average Bonchev–Trinajstić information content (AvgIpc) is 2.89. The van der Waals surface area contributed by atoms with Crippen molar-refractivity contribution in [3.63, 3.8) is 0 Å². The minimum atomic E-state index is -0.446. The number of carbonyl (C=O) groups excluding carboxylic acids is 3. The summed E-state index contributed by atoms with van der Waals surface area (Å²) in [5.74, 6) is -0.538. The van der Waals surface area contributed by atoms with Gasteiger partial charge in [0.2, 0.25) is 5.91 Å². The number of carbonyl (C=O) groups is 3. The zero-order chi connectivity index (χ0) is 20.3. The number of hydrogen-bond acceptors (Lipinski definition) is 4. The number of ether oxygens (including phenoxy) is 1. The zero-order valence-corrected chi connectivity index (χ0v) is 17.2. The van der Waals surface area contributed by atoms with E-state index < -0.39 is 5.97 Å². The molecule has 2 aliphatic rings. The lowest BCUT2D eigenvalue weighted by Gasteiger charge is -2.34. The molecule has 3 heterocycles. The second-order valence-electron chi connectivity index (χ2n) is 7.95. The van der Waals surface area contributed by atoms with Crippen LogP contribution in [-0.2, 0) is 9.53 Å². The summed E-state index contributed by atoms with van der Waals surface area (Å²) in [7, 11) is 1.33. The molecule has 2 aliphatic heterocycles. The lowest BCUT2D eigenvalue weighted by molar-refractivity contribution is -0.136. The quantitative estimate of drug-likeness (QED) is 0.806. The number of nitrogens with zero attached hydrogens (tertiary/aromatic N) is 2. The molecule has 7 nitrogen and oxygen atoms in total. The molecule has 3 rings (SSSR count). The van der Waals surface area contributed by atoms with E-state index >= 15 is 0 Å². The Bertz CT molecular complexity index is 747. The fourth-order valence-corrected chi connectivity index (χ4v) is 4.44. The standard InChI is InChI=1S/C21H31N3O4/c1-14-17(21(27)28-3)15(2)22-18(14)20(26)24-12-8-9-16(13-24)19(25)23-10-6-4-5-7-11-23/h16,22H,4-13H2,1-3H3/t16-/m0/s1. The van der Waals surface area contributed by atoms with E-state index in [1.54, 1.807) is 18.7 Å². The van der Waals surface area contributed by atoms with Crippen molar-refractivity contribution >= 4 is 17.8 Å². The molecule has 1 atom stereocenters. The smallest absolute Gasteiger partial charge is 0.339 e. The highest BCUT2D eigenvalue weighted by molar-refractivity contribution is 6.00. The molecule has 0 aliphatic carbocycles. The van der Waals surface area contributed by atoms with Gasteiger partial charge in [0.25, 0.3) is 5.91 Å². The first-order chi connectivity index (χ1) is 13.4. The second kappa shape index (κ2) is 8.80. The van der Waals surface area contributed by atoms with Gasteiger partial charge in [-0.1, -0.05) is 12.8 Å². The SMILES string of the molecule is COC(=O)c1c(C)[nH]c(C(=O)N2CCC[C@H](C(=O)N3CCCCCC3)C2)c1C. The topological polar surface area (TPSA) is 82.7 Å². The molecule has 2 saturated heterocycles. The van der Waals surface area contributed by atoms with Gasteiger partial charge in [-0.05, 0) is 45.1 Å². The van der Waals surface area contributed by atoms with Crippen LogP contribution in [0.2, 0.25) is 0 Å². The Balaban J connectivity index is 1.73. The number of rotatable bonds is 3. The van der Waals surface area contributed by atoms with Crippen molar-refractivity contribution in [1.82, 2.24) is 14.8 Å². The predicted octanol–water partition coefficient (Wildman–Crippen LogP) is 2.67. The summed E-state index contributed by atoms with van der Waals surface area (Å²) in [5, 5.41) is 0. The Morgan fingerprint density at radius 2 is 1.61 bits per heavy atom. The number of amides is 2. The van der Waals surface area contributed by atoms with Crippen molar-refractivity contribution in [2.24, 2.45) is 5.92 Å². The van der Waals surface area contributed by atoms with Gasteiger partial charge in [-0.25, -0.2) is 4.79 Å². The summed E-state index contributed by atoms with van der Waals surface area (Å²) < 4.78 is 4.83. The van der Waals surface area contributed by atoms with Gasteiger partial charge < -0.3 is 19.5 Å². The fraction of sp³-hybridized carbons (Fsp3) is 0.667. The van der Waals surface area contributed by atoms with Gasteiger partial charge in [-0.15, -0.1) is 0 Å². The molecule has 2 fully saturated rings. The van der Waals surface area contributed by atoms with E-state index in [4.69, 9.17) is 4.74 Å². The first-order valence-electron chi connectivity index (χ1n) is 10.3. The monoisotopic (exact) mass is 389 g/mol. The van der Waals surface area contributed by atoms with E-state index in [0.717, 1.165) is 38.8 Å². The molecule has 0 bridgehead atoms. The van der Waals surface area contributed by atoms with Gasteiger partial charge in [-0.3, -0.25) is 9.59 Å². The van der Waals surface area contributed by atoms with Gasteiger partial charge in [0.15, 0.2) is 0 Å². The Hall–Kier alpha value is -2.31. The van der Waals surface area contributed by atoms with E-state index in [-0.39, 0.29) is 17.7 Å². The van der Waals surface area contributed by atoms with Crippen LogP contribution in [0.3, 0.4) is 0 Å². The summed E-state index contributed by atoms with van der Waals surface area (Å²) in [6.07, 6.45) is 6.16. The highest BCUT2D eigenvalue weighted by Gasteiger charge is 2.33. The molecule has 0 saturated carbocycles. The number of aryl methyl sites for hydroxylation is 1. The number of aromatic nitrogens is 1. The highest BCUT2D eigenvalue weighted by atomic mass is 16.5. The lowest BCUT2D eigenvalue weighted by Crippen LogP contribution is -2.47. The van der Waals surface area contributed by atoms with Crippen molar-refractivity contribution in [1.29, 1.82) is 0 Å². The number of aromatic amines is 1. The summed E-state index contributed by atoms with van der Waals surface area (Å²) in [5.41, 5.74) is 2.07. The number of esters is 1. The van der Waals surface area contributed by atoms with Crippen LogP contribution in [0.4, 0.5) is 0 Å². The van der Waals surface area contributed by atoms with Gasteiger partial charge in [0, 0.05) is 31.9 Å². The molecule has 0 radical (unpaired) electrons. The van der Waals surface area contributed by atoms with Crippen LogP contribution < -0.4 is 0 Å². The Morgan fingerprint density at radius 3 is 2.25 bits per heavy atom. The first-order valence-corrected chi connectivity index (χ1v) is 10.3. The van der Waals surface area contributed by atoms with Crippen LogP contribution in [0.15, 0.2) is 0 Å². The number of nitrogens with one attached hydrogen (secondary N) is 1. The van der Waals surface area contributed by atoms with E-state index in [1.165, 1.54) is 20.0 Å². The van der Waals surface area contributed by atoms with Crippen LogP contribution in [-0.4, -0.2) is 65.9 Å². The largest absolute Gasteiger partial charge is 0.465 e. The molecule has 28 heavy (non-hydrogen) atoms. The summed E-state index contributed by atoms with van der Waals surface area (Å²) >= 11 is 0. The zero-order valence-electron chi connectivity index (χ0n) is 17.2. The molecule has 1 N–H and O–H groups in total. The van der Waals surface area contributed by atoms with Crippen LogP contribution in [0.25, 0.3) is 0 Å². The Morgan fingerprint density at radius 1 is 0.964 bits per heavy atom. The predicted molar refractivity (Wildman–Crippen MR) is 105 cm³/mol. The maximum Gasteiger partial charge on any atom is 0.339 e. The summed E-state index contributed by atoms with van der Waals surface area (Å²) in [6, 6.07) is 0. The minimum Gasteiger partial charge on any atom is -0.465 e. The number of methoxy groups -OCH3 is 1. The normalized spacial score (nSPS) is 20.6. The van der Waals surface area contributed by atoms with E-state index in [1.807, 2.05) is 4.90 Å². The first kappa shape index (κ1) is 20.4. The summed E-state index contributed by atoms with van der Waals surface area (Å²) in [4.78, 5) is 44.9. The molecule has 2 amide bonds. The third kappa shape index (κ3) is 4.08. The molecule has 154 valence electrons. The molecule has 1 aromatic heterocycles. The van der Waals surface area contributed by atoms with Crippen molar-refractivity contribution in [2.45, 2.75) is 52.4 Å². The number of likely N-dealkylation sites (tertiary alicyclic amines) is 2. The Kier molecular flexibility index (Phi) is 6.42. The molecule has 0 spiro atoms. The van der Waals surface area contributed by atoms with Crippen molar-refractivity contribution < 1.29 is 19.1 Å². The van der Waals surface area contributed by atoms with Gasteiger partial charge >= 0.3 is 5.97 Å². The van der Waals surface area contributed by atoms with E-state index in [9.17, 15) is 14.4 Å². The van der Waals surface area contributed by atoms with Crippen LogP contribution in [0.1, 0.15) is 70.6 Å². The minimum absolute atomic E-state index is 0.132. The van der Waals surface area contributed by atoms with Crippen molar-refractivity contribution in [3.8, 4) is 0 Å². The molecule has 0 unspecified atom stereocenters. The third-order valence-electron chi connectivity index (χ3n) is 6.02. The molecular formula is C21H31N3O4. The van der Waals surface area contributed by atoms with Crippen LogP contribution in [0.5, 0.6) is 0 Å². The Labute approximate surface area is 166 Å². The van der Waals surface area contributed by atoms with E-state index in [2.05, 4.69) is 4.98 Å². The van der Waals surface area contributed by atoms with Crippen molar-refractivity contribution in [3.05, 3.63) is 22.5 Å². The van der Waals surface area contributed by atoms with Crippen LogP contribution >= 0.6 is 0 Å². The van der Waals surface area contributed by atoms with Gasteiger partial charge in [0.05, 0.1) is 18.6 Å². The maximum atomic E-state index is 13.1. The summed E-state index contributed by atoms with van der Waals surface area (Å²) in [6.45, 7) is 6.26.